The first-order valence-corrected chi connectivity index (χ1v) is 10.1. The Balaban J connectivity index is 1.59. The second kappa shape index (κ2) is 7.47. The van der Waals surface area contributed by atoms with Crippen LogP contribution < -0.4 is 10.6 Å². The molecule has 4 rings (SSSR count). The van der Waals surface area contributed by atoms with Gasteiger partial charge >= 0.3 is 6.03 Å². The summed E-state index contributed by atoms with van der Waals surface area (Å²) in [6.07, 6.45) is 0. The van der Waals surface area contributed by atoms with Crippen LogP contribution in [0.1, 0.15) is 12.5 Å². The van der Waals surface area contributed by atoms with E-state index >= 15 is 0 Å². The van der Waals surface area contributed by atoms with Crippen LogP contribution in [0.3, 0.4) is 0 Å². The second-order valence-electron chi connectivity index (χ2n) is 7.03. The molecule has 3 aromatic rings. The smallest absolute Gasteiger partial charge is 0.324 e. The average Bonchev–Trinajstić information content (AvgIpc) is 2.91. The molecule has 0 bridgehead atoms. The molecule has 4 amide bonds. The van der Waals surface area contributed by atoms with Gasteiger partial charge in [-0.25, -0.2) is 4.79 Å². The molecule has 1 aliphatic heterocycles. The van der Waals surface area contributed by atoms with E-state index in [4.69, 9.17) is 0 Å². The Morgan fingerprint density at radius 3 is 2.59 bits per heavy atom. The number of urea groups is 1. The van der Waals surface area contributed by atoms with Crippen molar-refractivity contribution in [3.05, 3.63) is 75.9 Å². The highest BCUT2D eigenvalue weighted by Gasteiger charge is 2.50. The Morgan fingerprint density at radius 2 is 1.79 bits per heavy atom. The molecule has 1 aliphatic rings. The van der Waals surface area contributed by atoms with Gasteiger partial charge in [0.1, 0.15) is 12.1 Å². The number of carbonyl (C=O) groups excluding carboxylic acids is 3. The first-order valence-electron chi connectivity index (χ1n) is 9.06. The van der Waals surface area contributed by atoms with Gasteiger partial charge in [0.05, 0.1) is 0 Å². The van der Waals surface area contributed by atoms with Crippen LogP contribution in [0.25, 0.3) is 10.8 Å². The highest BCUT2D eigenvalue weighted by atomic mass is 127. The van der Waals surface area contributed by atoms with E-state index in [0.29, 0.717) is 11.3 Å². The monoisotopic (exact) mass is 499 g/mol. The van der Waals surface area contributed by atoms with Crippen molar-refractivity contribution in [1.82, 2.24) is 10.2 Å². The molecule has 0 aromatic heterocycles. The number of fused-ring (bicyclic) bond motifs is 1. The van der Waals surface area contributed by atoms with Crippen LogP contribution in [0.5, 0.6) is 0 Å². The lowest BCUT2D eigenvalue weighted by Gasteiger charge is -2.24. The lowest BCUT2D eigenvalue weighted by atomic mass is 9.88. The van der Waals surface area contributed by atoms with Gasteiger partial charge in [0.25, 0.3) is 5.91 Å². The molecule has 1 saturated heterocycles. The third-order valence-corrected chi connectivity index (χ3v) is 5.68. The van der Waals surface area contributed by atoms with Crippen LogP contribution in [0.4, 0.5) is 10.5 Å². The Hall–Kier alpha value is -2.94. The molecule has 29 heavy (non-hydrogen) atoms. The van der Waals surface area contributed by atoms with Gasteiger partial charge in [0.2, 0.25) is 5.91 Å². The maximum Gasteiger partial charge on any atom is 0.325 e. The fraction of sp³-hybridized carbons (Fsp3) is 0.136. The normalized spacial score (nSPS) is 18.8. The number of amides is 4. The number of hydrogen-bond acceptors (Lipinski definition) is 3. The molecule has 1 unspecified atom stereocenters. The SMILES string of the molecule is CC1(c2cccc3ccccc23)NC(=O)N(CC(=O)Nc2cccc(I)c2)C1=O. The molecule has 0 saturated carbocycles. The number of nitrogens with zero attached hydrogens (tertiary/aromatic N) is 1. The van der Waals surface area contributed by atoms with Gasteiger partial charge in [-0.2, -0.15) is 0 Å². The largest absolute Gasteiger partial charge is 0.325 e. The molecule has 0 radical (unpaired) electrons. The molecule has 0 spiro atoms. The molecule has 0 aliphatic carbocycles. The van der Waals surface area contributed by atoms with E-state index in [1.165, 1.54) is 0 Å². The lowest BCUT2D eigenvalue weighted by molar-refractivity contribution is -0.133. The van der Waals surface area contributed by atoms with Crippen molar-refractivity contribution in [3.63, 3.8) is 0 Å². The number of hydrogen-bond donors (Lipinski definition) is 2. The Kier molecular flexibility index (Phi) is 4.99. The van der Waals surface area contributed by atoms with Crippen molar-refractivity contribution in [2.45, 2.75) is 12.5 Å². The Labute approximate surface area is 181 Å². The molecule has 146 valence electrons. The zero-order chi connectivity index (χ0) is 20.6. The summed E-state index contributed by atoms with van der Waals surface area (Å²) in [5, 5.41) is 7.36. The maximum atomic E-state index is 13.2. The van der Waals surface area contributed by atoms with Crippen molar-refractivity contribution in [1.29, 1.82) is 0 Å². The Bertz CT molecular complexity index is 1140. The van der Waals surface area contributed by atoms with Gasteiger partial charge in [-0.15, -0.1) is 0 Å². The first-order chi connectivity index (χ1) is 13.9. The molecular weight excluding hydrogens is 481 g/mol. The molecule has 6 nitrogen and oxygen atoms in total. The van der Waals surface area contributed by atoms with Gasteiger partial charge in [0.15, 0.2) is 0 Å². The minimum atomic E-state index is -1.24. The van der Waals surface area contributed by atoms with E-state index in [1.807, 2.05) is 60.7 Å². The number of halogens is 1. The summed E-state index contributed by atoms with van der Waals surface area (Å²) in [5.74, 6) is -0.880. The summed E-state index contributed by atoms with van der Waals surface area (Å²) in [6.45, 7) is 1.32. The highest BCUT2D eigenvalue weighted by Crippen LogP contribution is 2.33. The molecule has 1 atom stereocenters. The van der Waals surface area contributed by atoms with Crippen LogP contribution in [0, 0.1) is 3.57 Å². The van der Waals surface area contributed by atoms with Crippen LogP contribution in [-0.2, 0) is 15.1 Å². The lowest BCUT2D eigenvalue weighted by Crippen LogP contribution is -2.42. The van der Waals surface area contributed by atoms with Gasteiger partial charge in [0, 0.05) is 9.26 Å². The molecular formula is C22H18IN3O3. The maximum absolute atomic E-state index is 13.2. The van der Waals surface area contributed by atoms with Gasteiger partial charge in [-0.3, -0.25) is 14.5 Å². The number of carbonyl (C=O) groups is 3. The summed E-state index contributed by atoms with van der Waals surface area (Å²) in [4.78, 5) is 39.2. The third kappa shape index (κ3) is 3.57. The van der Waals surface area contributed by atoms with Crippen molar-refractivity contribution in [2.24, 2.45) is 0 Å². The average molecular weight is 499 g/mol. The van der Waals surface area contributed by atoms with Gasteiger partial charge < -0.3 is 10.6 Å². The summed E-state index contributed by atoms with van der Waals surface area (Å²) < 4.78 is 0.971. The number of nitrogens with one attached hydrogen (secondary N) is 2. The highest BCUT2D eigenvalue weighted by molar-refractivity contribution is 14.1. The van der Waals surface area contributed by atoms with Gasteiger partial charge in [-0.1, -0.05) is 48.5 Å². The van der Waals surface area contributed by atoms with Crippen molar-refractivity contribution >= 4 is 56.9 Å². The first kappa shape index (κ1) is 19.4. The zero-order valence-electron chi connectivity index (χ0n) is 15.6. The van der Waals surface area contributed by atoms with E-state index in [0.717, 1.165) is 19.2 Å². The number of rotatable bonds is 4. The second-order valence-corrected chi connectivity index (χ2v) is 8.28. The topological polar surface area (TPSA) is 78.5 Å². The quantitative estimate of drug-likeness (QED) is 0.423. The van der Waals surface area contributed by atoms with Crippen LogP contribution in [-0.4, -0.2) is 29.3 Å². The summed E-state index contributed by atoms with van der Waals surface area (Å²) >= 11 is 2.15. The molecule has 3 aromatic carbocycles. The number of anilines is 1. The van der Waals surface area contributed by atoms with Crippen molar-refractivity contribution in [2.75, 3.05) is 11.9 Å². The third-order valence-electron chi connectivity index (χ3n) is 5.01. The Morgan fingerprint density at radius 1 is 1.07 bits per heavy atom. The number of imide groups is 1. The summed E-state index contributed by atoms with van der Waals surface area (Å²) in [6, 6.07) is 20.0. The predicted octanol–water partition coefficient (Wildman–Crippen LogP) is 3.85. The fourth-order valence-corrected chi connectivity index (χ4v) is 4.14. The molecule has 7 heteroatoms. The molecule has 1 heterocycles. The predicted molar refractivity (Wildman–Crippen MR) is 119 cm³/mol. The summed E-state index contributed by atoms with van der Waals surface area (Å²) in [5.41, 5.74) is 0.0839. The van der Waals surface area contributed by atoms with E-state index < -0.39 is 23.4 Å². The zero-order valence-corrected chi connectivity index (χ0v) is 17.8. The van der Waals surface area contributed by atoms with E-state index in [-0.39, 0.29) is 6.54 Å². The van der Waals surface area contributed by atoms with Crippen molar-refractivity contribution in [3.8, 4) is 0 Å². The molecule has 2 N–H and O–H groups in total. The standard InChI is InChI=1S/C22H18IN3O3/c1-22(18-11-4-7-14-6-2-3-10-17(14)18)20(28)26(21(29)25-22)13-19(27)24-16-9-5-8-15(23)12-16/h2-12H,13H2,1H3,(H,24,27)(H,25,29). The van der Waals surface area contributed by atoms with Crippen molar-refractivity contribution < 1.29 is 14.4 Å². The molecule has 1 fully saturated rings. The summed E-state index contributed by atoms with van der Waals surface area (Å²) in [7, 11) is 0. The van der Waals surface area contributed by atoms with Crippen LogP contribution in [0.2, 0.25) is 0 Å². The van der Waals surface area contributed by atoms with Gasteiger partial charge in [-0.05, 0) is 64.0 Å². The van der Waals surface area contributed by atoms with Crippen LogP contribution in [0.15, 0.2) is 66.7 Å². The van der Waals surface area contributed by atoms with E-state index in [2.05, 4.69) is 33.2 Å². The van der Waals surface area contributed by atoms with E-state index in [1.54, 1.807) is 13.0 Å². The van der Waals surface area contributed by atoms with Crippen LogP contribution >= 0.6 is 22.6 Å². The fourth-order valence-electron chi connectivity index (χ4n) is 3.59. The number of benzene rings is 3. The minimum absolute atomic E-state index is 0.351. The van der Waals surface area contributed by atoms with E-state index in [9.17, 15) is 14.4 Å². The minimum Gasteiger partial charge on any atom is -0.324 e.